The second-order valence-electron chi connectivity index (χ2n) is 4.34. The number of fused-ring (bicyclic) bond motifs is 1. The van der Waals surface area contributed by atoms with Gasteiger partial charge in [0.2, 0.25) is 0 Å². The molecule has 19 heavy (non-hydrogen) atoms. The summed E-state index contributed by atoms with van der Waals surface area (Å²) in [4.78, 5) is 15.7. The Balaban J connectivity index is 2.15. The summed E-state index contributed by atoms with van der Waals surface area (Å²) in [7, 11) is 0. The lowest BCUT2D eigenvalue weighted by atomic mass is 10.1. The van der Waals surface area contributed by atoms with Crippen LogP contribution in [0.4, 0.5) is 5.69 Å². The number of H-pyrrole nitrogens is 1. The Bertz CT molecular complexity index is 780. The van der Waals surface area contributed by atoms with Gasteiger partial charge in [0.15, 0.2) is 0 Å². The van der Waals surface area contributed by atoms with Crippen LogP contribution in [0.2, 0.25) is 0 Å². The second kappa shape index (κ2) is 4.53. The highest BCUT2D eigenvalue weighted by molar-refractivity contribution is 5.86. The average Bonchev–Trinajstić information content (AvgIpc) is 2.43. The van der Waals surface area contributed by atoms with Crippen molar-refractivity contribution in [2.24, 2.45) is 0 Å². The van der Waals surface area contributed by atoms with Crippen LogP contribution in [0.15, 0.2) is 47.5 Å². The number of pyridine rings is 1. The van der Waals surface area contributed by atoms with Crippen molar-refractivity contribution in [1.82, 2.24) is 15.2 Å². The Morgan fingerprint density at radius 3 is 2.68 bits per heavy atom. The van der Waals surface area contributed by atoms with E-state index in [-0.39, 0.29) is 5.56 Å². The van der Waals surface area contributed by atoms with Gasteiger partial charge in [0.05, 0.1) is 11.1 Å². The van der Waals surface area contributed by atoms with Crippen LogP contribution in [-0.4, -0.2) is 15.2 Å². The van der Waals surface area contributed by atoms with E-state index in [9.17, 15) is 4.79 Å². The van der Waals surface area contributed by atoms with Crippen molar-refractivity contribution in [3.63, 3.8) is 0 Å². The Kier molecular flexibility index (Phi) is 2.72. The summed E-state index contributed by atoms with van der Waals surface area (Å²) in [5.74, 6) is 0. The number of hydrogen-bond donors (Lipinski definition) is 2. The van der Waals surface area contributed by atoms with Crippen LogP contribution in [0, 0.1) is 0 Å². The molecule has 0 saturated heterocycles. The fourth-order valence-electron chi connectivity index (χ4n) is 2.07. The van der Waals surface area contributed by atoms with E-state index < -0.39 is 0 Å². The van der Waals surface area contributed by atoms with E-state index >= 15 is 0 Å². The molecule has 5 heteroatoms. The highest BCUT2D eigenvalue weighted by atomic mass is 16.1. The lowest BCUT2D eigenvalue weighted by Crippen LogP contribution is -2.11. The van der Waals surface area contributed by atoms with E-state index in [0.717, 1.165) is 16.6 Å². The molecule has 0 aliphatic heterocycles. The molecule has 0 aliphatic rings. The van der Waals surface area contributed by atoms with Gasteiger partial charge >= 0.3 is 0 Å². The van der Waals surface area contributed by atoms with Crippen LogP contribution in [0.25, 0.3) is 10.8 Å². The van der Waals surface area contributed by atoms with Crippen LogP contribution in [0.1, 0.15) is 11.3 Å². The highest BCUT2D eigenvalue weighted by Gasteiger charge is 2.07. The first-order valence-electron chi connectivity index (χ1n) is 5.90. The van der Waals surface area contributed by atoms with Gasteiger partial charge in [0.1, 0.15) is 0 Å². The fourth-order valence-corrected chi connectivity index (χ4v) is 2.07. The van der Waals surface area contributed by atoms with Crippen molar-refractivity contribution in [3.8, 4) is 0 Å². The fraction of sp³-hybridized carbons (Fsp3) is 0.0714. The van der Waals surface area contributed by atoms with Crippen molar-refractivity contribution >= 4 is 16.5 Å². The highest BCUT2D eigenvalue weighted by Crippen LogP contribution is 2.18. The van der Waals surface area contributed by atoms with Gasteiger partial charge in [0.25, 0.3) is 5.56 Å². The summed E-state index contributed by atoms with van der Waals surface area (Å²) in [5.41, 5.74) is 7.97. The number of aromatic nitrogens is 3. The van der Waals surface area contributed by atoms with Gasteiger partial charge < -0.3 is 5.73 Å². The molecule has 0 amide bonds. The summed E-state index contributed by atoms with van der Waals surface area (Å²) in [6.07, 6.45) is 4.11. The molecule has 2 aromatic heterocycles. The molecule has 0 spiro atoms. The minimum Gasteiger partial charge on any atom is -0.399 e. The summed E-state index contributed by atoms with van der Waals surface area (Å²) in [5, 5.41) is 8.04. The zero-order valence-electron chi connectivity index (χ0n) is 10.1. The van der Waals surface area contributed by atoms with E-state index in [4.69, 9.17) is 5.73 Å². The number of nitrogens with two attached hydrogens (primary N) is 1. The molecule has 5 nitrogen and oxygen atoms in total. The van der Waals surface area contributed by atoms with E-state index in [1.807, 2.05) is 18.2 Å². The number of nitrogen functional groups attached to an aromatic ring is 1. The average molecular weight is 252 g/mol. The Morgan fingerprint density at radius 2 is 1.89 bits per heavy atom. The molecule has 3 rings (SSSR count). The van der Waals surface area contributed by atoms with Crippen LogP contribution >= 0.6 is 0 Å². The summed E-state index contributed by atoms with van der Waals surface area (Å²) >= 11 is 0. The van der Waals surface area contributed by atoms with Crippen molar-refractivity contribution < 1.29 is 0 Å². The topological polar surface area (TPSA) is 84.7 Å². The van der Waals surface area contributed by atoms with Crippen LogP contribution in [0.3, 0.4) is 0 Å². The maximum atomic E-state index is 11.8. The monoisotopic (exact) mass is 252 g/mol. The van der Waals surface area contributed by atoms with E-state index in [0.29, 0.717) is 17.5 Å². The maximum absolute atomic E-state index is 11.8. The molecule has 3 aromatic rings. The normalized spacial score (nSPS) is 10.7. The Labute approximate surface area is 109 Å². The van der Waals surface area contributed by atoms with Gasteiger partial charge in [-0.25, -0.2) is 5.10 Å². The van der Waals surface area contributed by atoms with Crippen molar-refractivity contribution in [2.75, 3.05) is 5.73 Å². The lowest BCUT2D eigenvalue weighted by Gasteiger charge is -2.05. The molecule has 0 fully saturated rings. The predicted octanol–water partition coefficient (Wildman–Crippen LogP) is 1.49. The third-order valence-corrected chi connectivity index (χ3v) is 3.01. The predicted molar refractivity (Wildman–Crippen MR) is 73.8 cm³/mol. The van der Waals surface area contributed by atoms with Gasteiger partial charge in [-0.1, -0.05) is 6.07 Å². The quantitative estimate of drug-likeness (QED) is 0.677. The molecule has 0 saturated carbocycles. The number of nitrogens with one attached hydrogen (secondary N) is 1. The second-order valence-corrected chi connectivity index (χ2v) is 4.34. The van der Waals surface area contributed by atoms with E-state index in [1.165, 1.54) is 0 Å². The van der Waals surface area contributed by atoms with Crippen molar-refractivity contribution in [3.05, 3.63) is 64.3 Å². The summed E-state index contributed by atoms with van der Waals surface area (Å²) in [6, 6.07) is 9.14. The van der Waals surface area contributed by atoms with Crippen LogP contribution in [0.5, 0.6) is 0 Å². The summed E-state index contributed by atoms with van der Waals surface area (Å²) < 4.78 is 0. The minimum absolute atomic E-state index is 0.222. The number of hydrogen-bond acceptors (Lipinski definition) is 4. The molecule has 3 N–H and O–H groups in total. The Morgan fingerprint density at radius 1 is 1.11 bits per heavy atom. The van der Waals surface area contributed by atoms with Crippen molar-refractivity contribution in [2.45, 2.75) is 6.42 Å². The van der Waals surface area contributed by atoms with Gasteiger partial charge in [-0.2, -0.15) is 5.10 Å². The molecule has 0 aliphatic carbocycles. The zero-order valence-corrected chi connectivity index (χ0v) is 10.1. The first kappa shape index (κ1) is 11.4. The number of benzene rings is 1. The van der Waals surface area contributed by atoms with E-state index in [1.54, 1.807) is 24.5 Å². The number of rotatable bonds is 2. The van der Waals surface area contributed by atoms with Crippen molar-refractivity contribution in [1.29, 1.82) is 0 Å². The molecule has 0 atom stereocenters. The van der Waals surface area contributed by atoms with E-state index in [2.05, 4.69) is 15.2 Å². The first-order chi connectivity index (χ1) is 9.24. The molecule has 94 valence electrons. The number of nitrogens with zero attached hydrogens (tertiary/aromatic N) is 2. The molecule has 2 heterocycles. The van der Waals surface area contributed by atoms with Crippen LogP contribution < -0.4 is 11.3 Å². The molecular formula is C14H12N4O. The van der Waals surface area contributed by atoms with Gasteiger partial charge in [-0.3, -0.25) is 9.78 Å². The zero-order chi connectivity index (χ0) is 13.2. The smallest absolute Gasteiger partial charge is 0.272 e. The Hall–Kier alpha value is -2.69. The maximum Gasteiger partial charge on any atom is 0.272 e. The van der Waals surface area contributed by atoms with Gasteiger partial charge in [-0.05, 0) is 29.8 Å². The first-order valence-corrected chi connectivity index (χ1v) is 5.90. The molecular weight excluding hydrogens is 240 g/mol. The third kappa shape index (κ3) is 2.18. The number of anilines is 1. The largest absolute Gasteiger partial charge is 0.399 e. The molecule has 0 unspecified atom stereocenters. The lowest BCUT2D eigenvalue weighted by molar-refractivity contribution is 0.933. The molecule has 1 aromatic carbocycles. The summed E-state index contributed by atoms with van der Waals surface area (Å²) in [6.45, 7) is 0. The standard InChI is InChI=1S/C14H12N4O/c15-10-1-2-11-12(8-10)14(19)18-17-13(11)7-9-3-5-16-6-4-9/h1-6,8H,7,15H2,(H,18,19). The van der Waals surface area contributed by atoms with Crippen LogP contribution in [-0.2, 0) is 6.42 Å². The number of aromatic amines is 1. The molecule has 0 bridgehead atoms. The SMILES string of the molecule is Nc1ccc2c(Cc3ccncc3)n[nH]c(=O)c2c1. The third-order valence-electron chi connectivity index (χ3n) is 3.01. The minimum atomic E-state index is -0.222. The molecule has 0 radical (unpaired) electrons. The van der Waals surface area contributed by atoms with Gasteiger partial charge in [0, 0.05) is 29.9 Å². The van der Waals surface area contributed by atoms with Gasteiger partial charge in [-0.15, -0.1) is 0 Å².